The van der Waals surface area contributed by atoms with Gasteiger partial charge in [-0.05, 0) is 17.7 Å². The first-order chi connectivity index (χ1) is 12.1. The zero-order valence-corrected chi connectivity index (χ0v) is 14.8. The second-order valence-corrected chi connectivity index (χ2v) is 7.82. The van der Waals surface area contributed by atoms with E-state index in [0.29, 0.717) is 5.65 Å². The Balaban J connectivity index is 2.07. The average molecular weight is 405 g/mol. The number of sulfonamides is 1. The molecule has 1 aromatic carbocycles. The highest BCUT2D eigenvalue weighted by Crippen LogP contribution is 2.39. The van der Waals surface area contributed by atoms with Gasteiger partial charge in [0.15, 0.2) is 10.7 Å². The third-order valence-corrected chi connectivity index (χ3v) is 5.72. The van der Waals surface area contributed by atoms with Gasteiger partial charge in [-0.1, -0.05) is 23.7 Å². The van der Waals surface area contributed by atoms with Crippen LogP contribution < -0.4 is 0 Å². The molecule has 0 bridgehead atoms. The molecule has 0 aliphatic heterocycles. The van der Waals surface area contributed by atoms with Gasteiger partial charge in [-0.2, -0.15) is 17.5 Å². The Hall–Kier alpha value is -2.17. The van der Waals surface area contributed by atoms with Crippen molar-refractivity contribution in [2.75, 3.05) is 7.05 Å². The quantitative estimate of drug-likeness (QED) is 0.669. The van der Waals surface area contributed by atoms with Crippen molar-refractivity contribution in [3.63, 3.8) is 0 Å². The summed E-state index contributed by atoms with van der Waals surface area (Å²) in [7, 11) is -3.67. The number of alkyl halides is 3. The van der Waals surface area contributed by atoms with E-state index in [2.05, 4.69) is 9.97 Å². The number of aromatic nitrogens is 3. The summed E-state index contributed by atoms with van der Waals surface area (Å²) in [6.07, 6.45) is 0.337. The number of imidazole rings is 1. The van der Waals surface area contributed by atoms with E-state index in [4.69, 9.17) is 11.6 Å². The summed E-state index contributed by atoms with van der Waals surface area (Å²) in [6, 6.07) is 2.43. The molecular formula is C15H12ClF3N4O2S. The minimum absolute atomic E-state index is 0.243. The van der Waals surface area contributed by atoms with E-state index in [1.54, 1.807) is 0 Å². The first-order valence-electron chi connectivity index (χ1n) is 7.19. The minimum Gasteiger partial charge on any atom is -0.303 e. The zero-order valence-electron chi connectivity index (χ0n) is 13.2. The molecular weight excluding hydrogens is 393 g/mol. The van der Waals surface area contributed by atoms with Gasteiger partial charge in [-0.15, -0.1) is 0 Å². The lowest BCUT2D eigenvalue weighted by molar-refractivity contribution is -0.171. The van der Waals surface area contributed by atoms with Crippen LogP contribution in [0.1, 0.15) is 11.6 Å². The van der Waals surface area contributed by atoms with Gasteiger partial charge in [-0.3, -0.25) is 0 Å². The third kappa shape index (κ3) is 3.39. The molecule has 0 unspecified atom stereocenters. The van der Waals surface area contributed by atoms with Crippen molar-refractivity contribution >= 4 is 27.3 Å². The number of hydrogen-bond donors (Lipinski definition) is 0. The number of rotatable bonds is 4. The fraction of sp³-hybridized carbons (Fsp3) is 0.200. The van der Waals surface area contributed by atoms with E-state index < -0.39 is 27.3 Å². The largest absolute Gasteiger partial charge is 0.409 e. The van der Waals surface area contributed by atoms with E-state index in [1.165, 1.54) is 35.1 Å². The molecule has 0 saturated carbocycles. The van der Waals surface area contributed by atoms with Crippen LogP contribution in [0.2, 0.25) is 5.02 Å². The van der Waals surface area contributed by atoms with Crippen LogP contribution in [0.15, 0.2) is 54.1 Å². The molecule has 0 fully saturated rings. The molecule has 0 aliphatic carbocycles. The molecule has 0 amide bonds. The summed E-state index contributed by atoms with van der Waals surface area (Å²) < 4.78 is 68.0. The van der Waals surface area contributed by atoms with Gasteiger partial charge >= 0.3 is 6.18 Å². The summed E-state index contributed by atoms with van der Waals surface area (Å²) in [4.78, 5) is 7.66. The van der Waals surface area contributed by atoms with Crippen LogP contribution in [0.4, 0.5) is 13.2 Å². The van der Waals surface area contributed by atoms with Crippen LogP contribution in [-0.2, 0) is 10.0 Å². The Morgan fingerprint density at radius 3 is 2.46 bits per heavy atom. The first-order valence-corrected chi connectivity index (χ1v) is 9.01. The lowest BCUT2D eigenvalue weighted by atomic mass is 10.1. The number of nitrogens with zero attached hydrogens (tertiary/aromatic N) is 4. The number of benzene rings is 1. The topological polar surface area (TPSA) is 67.6 Å². The molecule has 1 atom stereocenters. The second-order valence-electron chi connectivity index (χ2n) is 5.44. The van der Waals surface area contributed by atoms with Gasteiger partial charge in [-0.25, -0.2) is 18.4 Å². The Bertz CT molecular complexity index is 1030. The number of fused-ring (bicyclic) bond motifs is 1. The molecule has 3 rings (SSSR count). The van der Waals surface area contributed by atoms with Gasteiger partial charge in [0, 0.05) is 30.7 Å². The average Bonchev–Trinajstić information content (AvgIpc) is 3.03. The van der Waals surface area contributed by atoms with Crippen molar-refractivity contribution < 1.29 is 21.6 Å². The predicted molar refractivity (Wildman–Crippen MR) is 88.2 cm³/mol. The highest BCUT2D eigenvalue weighted by Gasteiger charge is 2.48. The first kappa shape index (κ1) is 18.6. The van der Waals surface area contributed by atoms with Crippen LogP contribution in [0.25, 0.3) is 5.65 Å². The molecule has 2 heterocycles. The maximum atomic E-state index is 13.6. The maximum Gasteiger partial charge on any atom is 0.409 e. The summed E-state index contributed by atoms with van der Waals surface area (Å²) >= 11 is 5.71. The van der Waals surface area contributed by atoms with Crippen molar-refractivity contribution in [1.82, 2.24) is 18.7 Å². The lowest BCUT2D eigenvalue weighted by Crippen LogP contribution is -2.40. The van der Waals surface area contributed by atoms with Crippen molar-refractivity contribution in [2.24, 2.45) is 0 Å². The molecule has 0 radical (unpaired) electrons. The van der Waals surface area contributed by atoms with Crippen LogP contribution in [0.3, 0.4) is 0 Å². The molecule has 3 aromatic rings. The Kier molecular flexibility index (Phi) is 4.67. The maximum absolute atomic E-state index is 13.6. The standard InChI is InChI=1S/C15H12ClF3N4O2S/c1-22(14(15(17,18)19)10-2-4-11(16)5-3-10)26(24,25)13-9-23-7-6-20-12(23)8-21-13/h2-9,14H,1H3/t14-/m1/s1. The smallest absolute Gasteiger partial charge is 0.303 e. The van der Waals surface area contributed by atoms with Crippen molar-refractivity contribution in [1.29, 1.82) is 0 Å². The van der Waals surface area contributed by atoms with Crippen molar-refractivity contribution in [2.45, 2.75) is 17.2 Å². The lowest BCUT2D eigenvalue weighted by Gasteiger charge is -2.29. The monoisotopic (exact) mass is 404 g/mol. The fourth-order valence-corrected chi connectivity index (χ4v) is 3.85. The second kappa shape index (κ2) is 6.53. The molecule has 26 heavy (non-hydrogen) atoms. The summed E-state index contributed by atoms with van der Waals surface area (Å²) in [5, 5.41) is -0.277. The van der Waals surface area contributed by atoms with Crippen molar-refractivity contribution in [3.05, 3.63) is 59.6 Å². The number of halogens is 4. The summed E-state index contributed by atoms with van der Waals surface area (Å²) in [5.74, 6) is 0. The van der Waals surface area contributed by atoms with Gasteiger partial charge < -0.3 is 4.40 Å². The van der Waals surface area contributed by atoms with E-state index in [1.807, 2.05) is 0 Å². The molecule has 2 aromatic heterocycles. The van der Waals surface area contributed by atoms with Crippen LogP contribution in [0, 0.1) is 0 Å². The molecule has 0 spiro atoms. The zero-order chi connectivity index (χ0) is 19.1. The third-order valence-electron chi connectivity index (χ3n) is 3.76. The Labute approximate surface area is 151 Å². The normalized spacial score (nSPS) is 14.1. The van der Waals surface area contributed by atoms with E-state index in [9.17, 15) is 21.6 Å². The number of hydrogen-bond acceptors (Lipinski definition) is 4. The van der Waals surface area contributed by atoms with Crippen LogP contribution >= 0.6 is 11.6 Å². The highest BCUT2D eigenvalue weighted by molar-refractivity contribution is 7.89. The van der Waals surface area contributed by atoms with Gasteiger partial charge in [0.05, 0.1) is 6.20 Å². The van der Waals surface area contributed by atoms with Gasteiger partial charge in [0.1, 0.15) is 6.04 Å². The summed E-state index contributed by atoms with van der Waals surface area (Å²) in [5.41, 5.74) is 0.119. The SMILES string of the molecule is CN([C@H](c1ccc(Cl)cc1)C(F)(F)F)S(=O)(=O)c1cn2ccnc2cn1. The minimum atomic E-state index is -4.84. The highest BCUT2D eigenvalue weighted by atomic mass is 35.5. The molecule has 11 heteroatoms. The van der Waals surface area contributed by atoms with Crippen LogP contribution in [0.5, 0.6) is 0 Å². The summed E-state index contributed by atoms with van der Waals surface area (Å²) in [6.45, 7) is 0. The van der Waals surface area contributed by atoms with Gasteiger partial charge in [0.2, 0.25) is 0 Å². The van der Waals surface area contributed by atoms with Crippen molar-refractivity contribution in [3.8, 4) is 0 Å². The molecule has 138 valence electrons. The molecule has 0 N–H and O–H groups in total. The Morgan fingerprint density at radius 1 is 1.19 bits per heavy atom. The van der Waals surface area contributed by atoms with E-state index in [-0.39, 0.29) is 14.9 Å². The van der Waals surface area contributed by atoms with E-state index in [0.717, 1.165) is 25.4 Å². The van der Waals surface area contributed by atoms with Crippen LogP contribution in [-0.4, -0.2) is 40.3 Å². The predicted octanol–water partition coefficient (Wildman–Crippen LogP) is 3.31. The molecule has 0 saturated heterocycles. The van der Waals surface area contributed by atoms with Gasteiger partial charge in [0.25, 0.3) is 10.0 Å². The Morgan fingerprint density at radius 2 is 1.85 bits per heavy atom. The van der Waals surface area contributed by atoms with E-state index >= 15 is 0 Å². The molecule has 0 aliphatic rings. The fourth-order valence-electron chi connectivity index (χ4n) is 2.48. The molecule has 6 nitrogen and oxygen atoms in total.